The van der Waals surface area contributed by atoms with E-state index in [0.29, 0.717) is 22.8 Å². The Bertz CT molecular complexity index is 1370. The molecule has 1 aliphatic heterocycles. The molecule has 0 atom stereocenters. The van der Waals surface area contributed by atoms with Crippen molar-refractivity contribution in [2.24, 2.45) is 0 Å². The van der Waals surface area contributed by atoms with Gasteiger partial charge in [0.1, 0.15) is 0 Å². The molecular weight excluding hydrogens is 462 g/mol. The van der Waals surface area contributed by atoms with Crippen LogP contribution < -0.4 is 10.7 Å². The van der Waals surface area contributed by atoms with Crippen molar-refractivity contribution in [3.8, 4) is 0 Å². The molecule has 176 valence electrons. The van der Waals surface area contributed by atoms with Gasteiger partial charge in [-0.25, -0.2) is 9.78 Å². The van der Waals surface area contributed by atoms with Crippen molar-refractivity contribution in [3.63, 3.8) is 0 Å². The van der Waals surface area contributed by atoms with Crippen LogP contribution in [0.1, 0.15) is 18.1 Å². The Kier molecular flexibility index (Phi) is 6.00. The Morgan fingerprint density at radius 3 is 2.17 bits per heavy atom. The van der Waals surface area contributed by atoms with Gasteiger partial charge in [-0.3, -0.25) is 15.0 Å². The lowest BCUT2D eigenvalue weighted by Gasteiger charge is -2.27. The molecule has 0 bridgehead atoms. The number of imidazole rings is 1. The number of carbonyl (C=O) groups is 3. The number of thioether (sulfide) groups is 1. The summed E-state index contributed by atoms with van der Waals surface area (Å²) in [6.45, 7) is 2.71. The van der Waals surface area contributed by atoms with Gasteiger partial charge in [-0.05, 0) is 30.2 Å². The Morgan fingerprint density at radius 2 is 1.54 bits per heavy atom. The smallest absolute Gasteiger partial charge is 0.319 e. The van der Waals surface area contributed by atoms with Gasteiger partial charge in [0, 0.05) is 6.54 Å². The number of fused-ring (bicyclic) bond motifs is 1. The molecule has 0 radical (unpaired) electrons. The van der Waals surface area contributed by atoms with Gasteiger partial charge in [-0.2, -0.15) is 5.01 Å². The fourth-order valence-electron chi connectivity index (χ4n) is 4.32. The number of nitrogens with one attached hydrogen (secondary N) is 2. The van der Waals surface area contributed by atoms with E-state index in [9.17, 15) is 14.4 Å². The van der Waals surface area contributed by atoms with Crippen LogP contribution in [-0.4, -0.2) is 38.2 Å². The molecule has 0 unspecified atom stereocenters. The summed E-state index contributed by atoms with van der Waals surface area (Å²) in [5, 5.41) is 4.28. The quantitative estimate of drug-likeness (QED) is 0.308. The molecule has 0 aliphatic carbocycles. The van der Waals surface area contributed by atoms with Crippen molar-refractivity contribution in [2.45, 2.75) is 24.2 Å². The van der Waals surface area contributed by atoms with Crippen molar-refractivity contribution in [1.29, 1.82) is 0 Å². The van der Waals surface area contributed by atoms with E-state index in [2.05, 4.69) is 15.7 Å². The first-order valence-electron chi connectivity index (χ1n) is 11.2. The van der Waals surface area contributed by atoms with Gasteiger partial charge in [-0.15, -0.1) is 0 Å². The molecule has 0 saturated carbocycles. The lowest BCUT2D eigenvalue weighted by molar-refractivity contribution is -0.137. The topological polar surface area (TPSA) is 96.3 Å². The zero-order valence-electron chi connectivity index (χ0n) is 19.0. The van der Waals surface area contributed by atoms with E-state index in [4.69, 9.17) is 0 Å². The molecule has 8 nitrogen and oxygen atoms in total. The second-order valence-electron chi connectivity index (χ2n) is 8.00. The zero-order chi connectivity index (χ0) is 24.4. The van der Waals surface area contributed by atoms with Gasteiger partial charge < -0.3 is 9.88 Å². The summed E-state index contributed by atoms with van der Waals surface area (Å²) in [5.74, 6) is -1.06. The normalized spacial score (nSPS) is 14.8. The molecule has 1 saturated heterocycles. The molecule has 9 heteroatoms. The lowest BCUT2D eigenvalue weighted by atomic mass is 9.83. The van der Waals surface area contributed by atoms with Crippen LogP contribution in [0.2, 0.25) is 0 Å². The maximum atomic E-state index is 13.7. The summed E-state index contributed by atoms with van der Waals surface area (Å²) >= 11 is 1.25. The summed E-state index contributed by atoms with van der Waals surface area (Å²) < 4.78 is 2.02. The van der Waals surface area contributed by atoms with Crippen LogP contribution in [-0.2, 0) is 21.7 Å². The molecule has 4 amide bonds. The highest BCUT2D eigenvalue weighted by Gasteiger charge is 2.54. The van der Waals surface area contributed by atoms with Crippen LogP contribution in [0.5, 0.6) is 0 Å². The van der Waals surface area contributed by atoms with Gasteiger partial charge in [0.05, 0.1) is 16.8 Å². The minimum absolute atomic E-state index is 0.00987. The highest BCUT2D eigenvalue weighted by molar-refractivity contribution is 7.99. The Hall–Kier alpha value is -4.11. The lowest BCUT2D eigenvalue weighted by Crippen LogP contribution is -2.49. The average Bonchev–Trinajstić information content (AvgIpc) is 3.38. The van der Waals surface area contributed by atoms with Gasteiger partial charge in [0.2, 0.25) is 5.91 Å². The number of amides is 4. The predicted octanol–water partition coefficient (Wildman–Crippen LogP) is 3.68. The third kappa shape index (κ3) is 3.93. The number of rotatable bonds is 7. The number of hydrazine groups is 1. The largest absolute Gasteiger partial charge is 0.344 e. The molecule has 2 heterocycles. The van der Waals surface area contributed by atoms with Crippen LogP contribution in [0.3, 0.4) is 0 Å². The standard InChI is InChI=1S/C26H23N5O3S/c1-2-30-21-16-10-9-15-20(21)27-25(30)35-17-22(32)29-31-23(33)26(28-24(31)34,18-11-5-3-6-12-18)19-13-7-4-8-14-19/h3-16H,2,17H2,1H3,(H,28,34)(H,29,32). The predicted molar refractivity (Wildman–Crippen MR) is 133 cm³/mol. The number of carbonyl (C=O) groups excluding carboxylic acids is 3. The van der Waals surface area contributed by atoms with Crippen molar-refractivity contribution >= 4 is 40.6 Å². The van der Waals surface area contributed by atoms with Crippen molar-refractivity contribution < 1.29 is 14.4 Å². The van der Waals surface area contributed by atoms with Crippen LogP contribution in [0, 0.1) is 0 Å². The number of imide groups is 1. The fraction of sp³-hybridized carbons (Fsp3) is 0.154. The third-order valence-electron chi connectivity index (χ3n) is 5.94. The van der Waals surface area contributed by atoms with Crippen LogP contribution in [0.25, 0.3) is 11.0 Å². The summed E-state index contributed by atoms with van der Waals surface area (Å²) in [7, 11) is 0. The minimum Gasteiger partial charge on any atom is -0.319 e. The Labute approximate surface area is 206 Å². The number of para-hydroxylation sites is 2. The van der Waals surface area contributed by atoms with Crippen LogP contribution >= 0.6 is 11.8 Å². The van der Waals surface area contributed by atoms with Gasteiger partial charge in [0.15, 0.2) is 10.7 Å². The van der Waals surface area contributed by atoms with Crippen LogP contribution in [0.4, 0.5) is 4.79 Å². The first kappa shape index (κ1) is 22.7. The van der Waals surface area contributed by atoms with E-state index in [1.165, 1.54) is 11.8 Å². The van der Waals surface area contributed by atoms with Gasteiger partial charge in [-0.1, -0.05) is 84.6 Å². The summed E-state index contributed by atoms with van der Waals surface area (Å²) in [4.78, 5) is 44.0. The Morgan fingerprint density at radius 1 is 0.943 bits per heavy atom. The molecule has 1 aliphatic rings. The zero-order valence-corrected chi connectivity index (χ0v) is 19.8. The van der Waals surface area contributed by atoms with E-state index in [1.807, 2.05) is 47.9 Å². The number of hydrogen-bond acceptors (Lipinski definition) is 5. The molecule has 2 N–H and O–H groups in total. The number of urea groups is 1. The number of aromatic nitrogens is 2. The van der Waals surface area contributed by atoms with Crippen molar-refractivity contribution in [3.05, 3.63) is 96.1 Å². The summed E-state index contributed by atoms with van der Waals surface area (Å²) in [6.07, 6.45) is 0. The molecule has 35 heavy (non-hydrogen) atoms. The molecule has 1 fully saturated rings. The van der Waals surface area contributed by atoms with Gasteiger partial charge in [0.25, 0.3) is 5.91 Å². The summed E-state index contributed by atoms with van der Waals surface area (Å²) in [6, 6.07) is 25.1. The third-order valence-corrected chi connectivity index (χ3v) is 6.92. The van der Waals surface area contributed by atoms with Gasteiger partial charge >= 0.3 is 6.03 Å². The first-order chi connectivity index (χ1) is 17.0. The van der Waals surface area contributed by atoms with Crippen LogP contribution in [0.15, 0.2) is 90.1 Å². The number of benzene rings is 3. The Balaban J connectivity index is 1.37. The molecular formula is C26H23N5O3S. The fourth-order valence-corrected chi connectivity index (χ4v) is 5.19. The maximum absolute atomic E-state index is 13.7. The SMILES string of the molecule is CCn1c(SCC(=O)NN2C(=O)NC(c3ccccc3)(c3ccccc3)C2=O)nc2ccccc21. The molecule has 0 spiro atoms. The highest BCUT2D eigenvalue weighted by Crippen LogP contribution is 2.35. The van der Waals surface area contributed by atoms with Crippen molar-refractivity contribution in [2.75, 3.05) is 5.75 Å². The van der Waals surface area contributed by atoms with E-state index >= 15 is 0 Å². The van der Waals surface area contributed by atoms with E-state index in [1.54, 1.807) is 48.5 Å². The second kappa shape index (κ2) is 9.27. The molecule has 3 aromatic carbocycles. The number of nitrogens with zero attached hydrogens (tertiary/aromatic N) is 3. The second-order valence-corrected chi connectivity index (χ2v) is 8.95. The van der Waals surface area contributed by atoms with E-state index in [-0.39, 0.29) is 5.75 Å². The van der Waals surface area contributed by atoms with Crippen molar-refractivity contribution in [1.82, 2.24) is 25.3 Å². The maximum Gasteiger partial charge on any atom is 0.344 e. The average molecular weight is 486 g/mol. The highest BCUT2D eigenvalue weighted by atomic mass is 32.2. The first-order valence-corrected chi connectivity index (χ1v) is 12.2. The molecule has 4 aromatic rings. The number of aryl methyl sites for hydroxylation is 1. The minimum atomic E-state index is -1.43. The van der Waals surface area contributed by atoms with E-state index < -0.39 is 23.4 Å². The number of hydrogen-bond donors (Lipinski definition) is 2. The monoisotopic (exact) mass is 485 g/mol. The molecule has 1 aromatic heterocycles. The molecule has 5 rings (SSSR count). The summed E-state index contributed by atoms with van der Waals surface area (Å²) in [5.41, 5.74) is 4.10. The van der Waals surface area contributed by atoms with E-state index in [0.717, 1.165) is 16.0 Å².